The molecule has 0 bridgehead atoms. The lowest BCUT2D eigenvalue weighted by Crippen LogP contribution is -2.32. The third kappa shape index (κ3) is 6.52. The smallest absolute Gasteiger partial charge is 0.173 e. The van der Waals surface area contributed by atoms with Crippen LogP contribution in [0.15, 0.2) is 43.0 Å². The molecule has 0 saturated carbocycles. The van der Waals surface area contributed by atoms with Crippen LogP contribution in [0, 0.1) is 5.92 Å². The summed E-state index contributed by atoms with van der Waals surface area (Å²) in [5.74, 6) is 0.770. The second-order valence-electron chi connectivity index (χ2n) is 6.99. The largest absolute Gasteiger partial charge is 0.270 e. The summed E-state index contributed by atoms with van der Waals surface area (Å²) >= 11 is 6.89. The highest BCUT2D eigenvalue weighted by atomic mass is 35.6. The number of aryl methyl sites for hydroxylation is 1. The van der Waals surface area contributed by atoms with Crippen LogP contribution in [0.1, 0.15) is 43.2 Å². The summed E-state index contributed by atoms with van der Waals surface area (Å²) in [7, 11) is -1.50. The predicted octanol–water partition coefficient (Wildman–Crippen LogP) is 7.42. The van der Waals surface area contributed by atoms with E-state index < -0.39 is 13.5 Å². The lowest BCUT2D eigenvalue weighted by atomic mass is 9.94. The zero-order valence-corrected chi connectivity index (χ0v) is 16.0. The van der Waals surface area contributed by atoms with Crippen molar-refractivity contribution >= 4 is 24.5 Å². The van der Waals surface area contributed by atoms with Gasteiger partial charge in [-0.2, -0.15) is 19.9 Å². The first-order valence-corrected chi connectivity index (χ1v) is 12.6. The van der Waals surface area contributed by atoms with Gasteiger partial charge in [-0.3, -0.25) is 0 Å². The van der Waals surface area contributed by atoms with E-state index >= 15 is 0 Å². The Morgan fingerprint density at radius 2 is 1.88 bits per heavy atom. The molecule has 0 spiro atoms. The van der Waals surface area contributed by atoms with Crippen molar-refractivity contribution in [3.63, 3.8) is 0 Å². The fourth-order valence-corrected chi connectivity index (χ4v) is 8.07. The summed E-state index contributed by atoms with van der Waals surface area (Å²) in [6, 6.07) is 11.2. The quantitative estimate of drug-likeness (QED) is 0.194. The minimum absolute atomic E-state index is 0.564. The SMILES string of the molecule is C=CCCC[Si]1(Cl)CCC(CCc2ccc(C=C(F)F)cc2)CC1. The van der Waals surface area contributed by atoms with Crippen LogP contribution in [0.3, 0.4) is 0 Å². The highest BCUT2D eigenvalue weighted by molar-refractivity contribution is 7.20. The van der Waals surface area contributed by atoms with Crippen LogP contribution in [0.4, 0.5) is 8.78 Å². The molecule has 1 heterocycles. The van der Waals surface area contributed by atoms with E-state index in [1.807, 2.05) is 18.2 Å². The minimum Gasteiger partial charge on any atom is -0.173 e. The van der Waals surface area contributed by atoms with E-state index in [9.17, 15) is 8.78 Å². The molecule has 2 rings (SSSR count). The van der Waals surface area contributed by atoms with Crippen molar-refractivity contribution in [2.75, 3.05) is 0 Å². The molecule has 0 aliphatic carbocycles. The standard InChI is InChI=1S/C20H27ClF2Si/c1-2-3-4-13-24(21)14-11-18(12-15-24)6-5-17-7-9-19(10-8-17)16-20(22)23/h2,7-10,16,18H,1,3-6,11-15H2. The first-order chi connectivity index (χ1) is 11.5. The van der Waals surface area contributed by atoms with E-state index in [0.29, 0.717) is 5.56 Å². The molecular formula is C20H27ClF2Si. The van der Waals surface area contributed by atoms with Crippen LogP contribution < -0.4 is 0 Å². The van der Waals surface area contributed by atoms with Crippen molar-refractivity contribution in [2.45, 2.75) is 56.7 Å². The Hall–Kier alpha value is -0.933. The number of allylic oxidation sites excluding steroid dienone is 1. The molecule has 1 aliphatic rings. The van der Waals surface area contributed by atoms with Crippen LogP contribution in [0.2, 0.25) is 18.1 Å². The van der Waals surface area contributed by atoms with Gasteiger partial charge in [-0.1, -0.05) is 49.6 Å². The maximum Gasteiger partial charge on any atom is 0.270 e. The number of rotatable bonds is 8. The monoisotopic (exact) mass is 368 g/mol. The van der Waals surface area contributed by atoms with Gasteiger partial charge >= 0.3 is 0 Å². The molecule has 0 nitrogen and oxygen atoms in total. The summed E-state index contributed by atoms with van der Waals surface area (Å²) in [6.07, 6.45) is 8.26. The summed E-state index contributed by atoms with van der Waals surface area (Å²) in [5.41, 5.74) is 1.80. The molecule has 0 unspecified atom stereocenters. The molecular weight excluding hydrogens is 342 g/mol. The molecule has 24 heavy (non-hydrogen) atoms. The van der Waals surface area contributed by atoms with E-state index in [2.05, 4.69) is 6.58 Å². The second-order valence-corrected chi connectivity index (χ2v) is 13.2. The van der Waals surface area contributed by atoms with Gasteiger partial charge in [0.15, 0.2) is 7.38 Å². The zero-order chi connectivity index (χ0) is 17.4. The van der Waals surface area contributed by atoms with Crippen LogP contribution in [0.5, 0.6) is 0 Å². The molecule has 1 aromatic rings. The van der Waals surface area contributed by atoms with E-state index in [4.69, 9.17) is 11.1 Å². The highest BCUT2D eigenvalue weighted by Crippen LogP contribution is 2.40. The molecule has 1 aromatic carbocycles. The van der Waals surface area contributed by atoms with Crippen LogP contribution in [-0.4, -0.2) is 7.38 Å². The van der Waals surface area contributed by atoms with Gasteiger partial charge in [0.1, 0.15) is 0 Å². The van der Waals surface area contributed by atoms with Crippen LogP contribution >= 0.6 is 11.1 Å². The summed E-state index contributed by atoms with van der Waals surface area (Å²) < 4.78 is 24.4. The van der Waals surface area contributed by atoms with Gasteiger partial charge in [-0.15, -0.1) is 6.58 Å². The van der Waals surface area contributed by atoms with Gasteiger partial charge in [0.05, 0.1) is 0 Å². The van der Waals surface area contributed by atoms with E-state index in [-0.39, 0.29) is 0 Å². The fourth-order valence-electron chi connectivity index (χ4n) is 3.57. The van der Waals surface area contributed by atoms with E-state index in [1.165, 1.54) is 49.4 Å². The van der Waals surface area contributed by atoms with Crippen LogP contribution in [-0.2, 0) is 6.42 Å². The molecule has 0 radical (unpaired) electrons. The molecule has 1 saturated heterocycles. The van der Waals surface area contributed by atoms with Crippen LogP contribution in [0.25, 0.3) is 6.08 Å². The number of unbranched alkanes of at least 4 members (excludes halogenated alkanes) is 1. The molecule has 4 heteroatoms. The normalized spacial score (nSPS) is 23.7. The second kappa shape index (κ2) is 9.52. The third-order valence-electron chi connectivity index (χ3n) is 5.13. The maximum atomic E-state index is 12.2. The van der Waals surface area contributed by atoms with Crippen molar-refractivity contribution in [2.24, 2.45) is 5.92 Å². The van der Waals surface area contributed by atoms with Crippen molar-refractivity contribution in [1.29, 1.82) is 0 Å². The molecule has 1 fully saturated rings. The Kier molecular flexibility index (Phi) is 7.70. The number of hydrogen-bond acceptors (Lipinski definition) is 0. The number of benzene rings is 1. The third-order valence-corrected chi connectivity index (χ3v) is 10.5. The number of hydrogen-bond donors (Lipinski definition) is 0. The van der Waals surface area contributed by atoms with Gasteiger partial charge in [0.2, 0.25) is 0 Å². The van der Waals surface area contributed by atoms with Crippen molar-refractivity contribution in [1.82, 2.24) is 0 Å². The maximum absolute atomic E-state index is 12.2. The van der Waals surface area contributed by atoms with Gasteiger partial charge in [-0.05, 0) is 54.4 Å². The highest BCUT2D eigenvalue weighted by Gasteiger charge is 2.35. The van der Waals surface area contributed by atoms with E-state index in [1.54, 1.807) is 12.1 Å². The van der Waals surface area contributed by atoms with Gasteiger partial charge in [-0.25, -0.2) is 0 Å². The Balaban J connectivity index is 1.74. The summed E-state index contributed by atoms with van der Waals surface area (Å²) in [5, 5.41) is 0. The topological polar surface area (TPSA) is 0 Å². The summed E-state index contributed by atoms with van der Waals surface area (Å²) in [4.78, 5) is 0. The summed E-state index contributed by atoms with van der Waals surface area (Å²) in [6.45, 7) is 3.78. The molecule has 0 aromatic heterocycles. The Morgan fingerprint density at radius 3 is 2.46 bits per heavy atom. The van der Waals surface area contributed by atoms with Crippen molar-refractivity contribution in [3.05, 3.63) is 54.1 Å². The average molecular weight is 369 g/mol. The van der Waals surface area contributed by atoms with E-state index in [0.717, 1.165) is 24.8 Å². The first kappa shape index (κ1) is 19.4. The molecule has 0 amide bonds. The lowest BCUT2D eigenvalue weighted by Gasteiger charge is -2.33. The van der Waals surface area contributed by atoms with Gasteiger partial charge in [0, 0.05) is 6.08 Å². The average Bonchev–Trinajstić information content (AvgIpc) is 2.55. The Bertz CT molecular complexity index is 541. The molecule has 0 atom stereocenters. The van der Waals surface area contributed by atoms with Crippen molar-refractivity contribution in [3.8, 4) is 0 Å². The predicted molar refractivity (Wildman–Crippen MR) is 103 cm³/mol. The van der Waals surface area contributed by atoms with Gasteiger partial charge in [0.25, 0.3) is 6.08 Å². The zero-order valence-electron chi connectivity index (χ0n) is 14.2. The molecule has 0 N–H and O–H groups in total. The van der Waals surface area contributed by atoms with Crippen molar-refractivity contribution < 1.29 is 8.78 Å². The Morgan fingerprint density at radius 1 is 1.21 bits per heavy atom. The molecule has 132 valence electrons. The molecule has 1 aliphatic heterocycles. The lowest BCUT2D eigenvalue weighted by molar-refractivity contribution is 0.429. The van der Waals surface area contributed by atoms with Gasteiger partial charge < -0.3 is 0 Å². The number of halogens is 3. The first-order valence-electron chi connectivity index (χ1n) is 8.92. The minimum atomic E-state index is -1.65. The fraction of sp³-hybridized carbons (Fsp3) is 0.500. The Labute approximate surface area is 150 Å².